The van der Waals surface area contributed by atoms with Crippen molar-refractivity contribution in [2.45, 2.75) is 75.2 Å². The van der Waals surface area contributed by atoms with E-state index in [0.717, 1.165) is 12.5 Å². The molecule has 0 radical (unpaired) electrons. The van der Waals surface area contributed by atoms with E-state index in [0.29, 0.717) is 0 Å². The number of hydrogen-bond donors (Lipinski definition) is 0. The first-order valence-electron chi connectivity index (χ1n) is 8.84. The van der Waals surface area contributed by atoms with Crippen molar-refractivity contribution in [1.82, 2.24) is 0 Å². The average molecular weight is 292 g/mol. The van der Waals surface area contributed by atoms with Crippen LogP contribution in [0.25, 0.3) is 0 Å². The Morgan fingerprint density at radius 3 is 2.00 bits per heavy atom. The number of nitrogens with zero attached hydrogens (tertiary/aromatic N) is 1. The second-order valence-electron chi connectivity index (χ2n) is 4.45. The first-order chi connectivity index (χ1) is 10.2. The molecule has 2 aliphatic rings. The van der Waals surface area contributed by atoms with Crippen LogP contribution in [0.5, 0.6) is 0 Å². The third-order valence-electron chi connectivity index (χ3n) is 3.10. The Morgan fingerprint density at radius 2 is 1.57 bits per heavy atom. The molecule has 2 rings (SSSR count). The van der Waals surface area contributed by atoms with Gasteiger partial charge in [-0.05, 0) is 57.3 Å². The molecule has 1 saturated carbocycles. The summed E-state index contributed by atoms with van der Waals surface area (Å²) in [5.41, 5.74) is 5.41. The minimum Gasteiger partial charge on any atom is -0.285 e. The monoisotopic (exact) mass is 291 g/mol. The lowest BCUT2D eigenvalue weighted by Crippen LogP contribution is -2.06. The summed E-state index contributed by atoms with van der Waals surface area (Å²) < 4.78 is 0. The fourth-order valence-electron chi connectivity index (χ4n) is 2.01. The van der Waals surface area contributed by atoms with Gasteiger partial charge in [0.2, 0.25) is 0 Å². The highest BCUT2D eigenvalue weighted by molar-refractivity contribution is 6.12. The third kappa shape index (κ3) is 8.04. The van der Waals surface area contributed by atoms with Crippen LogP contribution in [0.3, 0.4) is 0 Å². The standard InChI is InChI=1S/C14H19N.3C2H6/c1-4-15-14-8-5-10(2)9-13(14)11(3)12-6-7-12;3*1-2/h5,8-9,12H,4,6-7H2,1-3H3;3*1-2H3/b13-11+,15-14?;;;. The van der Waals surface area contributed by atoms with Crippen LogP contribution in [0, 0.1) is 5.92 Å². The molecule has 0 N–H and O–H groups in total. The molecular formula is C20H37N. The number of hydrogen-bond acceptors (Lipinski definition) is 1. The first kappa shape index (κ1) is 22.2. The van der Waals surface area contributed by atoms with Crippen molar-refractivity contribution in [3.63, 3.8) is 0 Å². The summed E-state index contributed by atoms with van der Waals surface area (Å²) in [6, 6.07) is 0. The smallest absolute Gasteiger partial charge is 0.0646 e. The molecule has 122 valence electrons. The molecule has 0 aromatic heterocycles. The van der Waals surface area contributed by atoms with Gasteiger partial charge in [0.25, 0.3) is 0 Å². The van der Waals surface area contributed by atoms with E-state index in [2.05, 4.69) is 44.0 Å². The quantitative estimate of drug-likeness (QED) is 0.532. The maximum absolute atomic E-state index is 4.56. The molecule has 0 unspecified atom stereocenters. The maximum Gasteiger partial charge on any atom is 0.0646 e. The van der Waals surface area contributed by atoms with Gasteiger partial charge in [0.05, 0.1) is 5.71 Å². The van der Waals surface area contributed by atoms with Crippen molar-refractivity contribution < 1.29 is 0 Å². The Balaban J connectivity index is 0. The zero-order valence-corrected chi connectivity index (χ0v) is 15.9. The Bertz CT molecular complexity index is 377. The van der Waals surface area contributed by atoms with Gasteiger partial charge < -0.3 is 0 Å². The van der Waals surface area contributed by atoms with E-state index in [1.54, 1.807) is 0 Å². The van der Waals surface area contributed by atoms with Gasteiger partial charge in [-0.3, -0.25) is 4.99 Å². The van der Waals surface area contributed by atoms with Crippen LogP contribution in [-0.4, -0.2) is 12.3 Å². The summed E-state index contributed by atoms with van der Waals surface area (Å²) in [5, 5.41) is 0. The van der Waals surface area contributed by atoms with Crippen LogP contribution in [0.15, 0.2) is 39.9 Å². The molecule has 1 fully saturated rings. The van der Waals surface area contributed by atoms with Crippen LogP contribution in [-0.2, 0) is 0 Å². The molecule has 0 aromatic carbocycles. The predicted molar refractivity (Wildman–Crippen MR) is 100 cm³/mol. The Hall–Kier alpha value is -1.11. The summed E-state index contributed by atoms with van der Waals surface area (Å²) in [6.07, 6.45) is 9.32. The fourth-order valence-corrected chi connectivity index (χ4v) is 2.01. The van der Waals surface area contributed by atoms with Gasteiger partial charge in [0, 0.05) is 6.54 Å². The van der Waals surface area contributed by atoms with Gasteiger partial charge in [-0.25, -0.2) is 0 Å². The molecule has 21 heavy (non-hydrogen) atoms. The van der Waals surface area contributed by atoms with E-state index in [-0.39, 0.29) is 0 Å². The molecule has 0 amide bonds. The minimum absolute atomic E-state index is 0.831. The molecule has 0 saturated heterocycles. The van der Waals surface area contributed by atoms with E-state index in [1.165, 1.54) is 35.3 Å². The number of aliphatic imine (C=N–C) groups is 1. The lowest BCUT2D eigenvalue weighted by Gasteiger charge is -2.13. The van der Waals surface area contributed by atoms with Crippen LogP contribution in [0.4, 0.5) is 0 Å². The largest absolute Gasteiger partial charge is 0.285 e. The summed E-state index contributed by atoms with van der Waals surface area (Å²) in [6.45, 7) is 19.4. The zero-order chi connectivity index (χ0) is 16.8. The molecule has 0 bridgehead atoms. The number of allylic oxidation sites excluding steroid dienone is 6. The molecule has 0 aromatic rings. The van der Waals surface area contributed by atoms with E-state index >= 15 is 0 Å². The lowest BCUT2D eigenvalue weighted by molar-refractivity contribution is 0.994. The van der Waals surface area contributed by atoms with Crippen molar-refractivity contribution >= 4 is 5.71 Å². The minimum atomic E-state index is 0.831. The van der Waals surface area contributed by atoms with Crippen LogP contribution >= 0.6 is 0 Å². The topological polar surface area (TPSA) is 12.4 Å². The van der Waals surface area contributed by atoms with Gasteiger partial charge in [-0.15, -0.1) is 0 Å². The van der Waals surface area contributed by atoms with Gasteiger partial charge >= 0.3 is 0 Å². The number of rotatable bonds is 2. The normalized spacial score (nSPS) is 20.0. The van der Waals surface area contributed by atoms with E-state index < -0.39 is 0 Å². The molecule has 0 aliphatic heterocycles. The highest BCUT2D eigenvalue weighted by Gasteiger charge is 2.26. The van der Waals surface area contributed by atoms with Crippen molar-refractivity contribution in [3.05, 3.63) is 34.9 Å². The summed E-state index contributed by atoms with van der Waals surface area (Å²) >= 11 is 0. The van der Waals surface area contributed by atoms with Crippen LogP contribution in [0.2, 0.25) is 0 Å². The highest BCUT2D eigenvalue weighted by atomic mass is 14.7. The van der Waals surface area contributed by atoms with Crippen molar-refractivity contribution in [2.24, 2.45) is 10.9 Å². The molecule has 1 nitrogen and oxygen atoms in total. The average Bonchev–Trinajstić information content (AvgIpc) is 3.39. The van der Waals surface area contributed by atoms with Crippen LogP contribution < -0.4 is 0 Å². The first-order valence-corrected chi connectivity index (χ1v) is 8.84. The second kappa shape index (κ2) is 13.9. The van der Waals surface area contributed by atoms with Crippen LogP contribution in [0.1, 0.15) is 75.2 Å². The zero-order valence-electron chi connectivity index (χ0n) is 15.9. The molecule has 0 atom stereocenters. The molecule has 1 heteroatoms. The van der Waals surface area contributed by atoms with Gasteiger partial charge in [-0.2, -0.15) is 0 Å². The van der Waals surface area contributed by atoms with E-state index in [9.17, 15) is 0 Å². The van der Waals surface area contributed by atoms with E-state index in [4.69, 9.17) is 0 Å². The SMILES string of the molecule is CC.CC.CC.CCN=C1C=CC(C)=C/C1=C(/C)C1CC1. The van der Waals surface area contributed by atoms with Crippen molar-refractivity contribution in [1.29, 1.82) is 0 Å². The summed E-state index contributed by atoms with van der Waals surface area (Å²) in [7, 11) is 0. The van der Waals surface area contributed by atoms with Crippen molar-refractivity contribution in [3.8, 4) is 0 Å². The molecular weight excluding hydrogens is 254 g/mol. The molecule has 0 spiro atoms. The van der Waals surface area contributed by atoms with Gasteiger partial charge in [0.15, 0.2) is 0 Å². The van der Waals surface area contributed by atoms with Gasteiger partial charge in [-0.1, -0.05) is 58.8 Å². The van der Waals surface area contributed by atoms with Crippen molar-refractivity contribution in [2.75, 3.05) is 6.54 Å². The lowest BCUT2D eigenvalue weighted by atomic mass is 9.94. The molecule has 2 aliphatic carbocycles. The second-order valence-corrected chi connectivity index (χ2v) is 4.45. The third-order valence-corrected chi connectivity index (χ3v) is 3.10. The molecule has 0 heterocycles. The maximum atomic E-state index is 4.56. The predicted octanol–water partition coefficient (Wildman–Crippen LogP) is 6.77. The Labute approximate surface area is 134 Å². The Kier molecular flexibility index (Phi) is 14.6. The summed E-state index contributed by atoms with van der Waals surface area (Å²) in [5.74, 6) is 0.831. The highest BCUT2D eigenvalue weighted by Crippen LogP contribution is 2.38. The summed E-state index contributed by atoms with van der Waals surface area (Å²) in [4.78, 5) is 4.56. The Morgan fingerprint density at radius 1 is 1.05 bits per heavy atom. The fraction of sp³-hybridized carbons (Fsp3) is 0.650. The van der Waals surface area contributed by atoms with Gasteiger partial charge in [0.1, 0.15) is 0 Å². The van der Waals surface area contributed by atoms with E-state index in [1.807, 2.05) is 41.5 Å².